The van der Waals surface area contributed by atoms with E-state index in [0.29, 0.717) is 11.5 Å². The largest absolute Gasteiger partial charge is 0.507 e. The van der Waals surface area contributed by atoms with Crippen LogP contribution in [-0.4, -0.2) is 10.2 Å². The van der Waals surface area contributed by atoms with Gasteiger partial charge < -0.3 is 10.2 Å². The Labute approximate surface area is 114 Å². The van der Waals surface area contributed by atoms with E-state index in [-0.39, 0.29) is 0 Å². The lowest BCUT2D eigenvalue weighted by Crippen LogP contribution is -1.97. The number of phenols is 2. The normalized spacial score (nSPS) is 10.7. The van der Waals surface area contributed by atoms with Crippen molar-refractivity contribution in [3.63, 3.8) is 0 Å². The van der Waals surface area contributed by atoms with Crippen LogP contribution in [0.25, 0.3) is 0 Å². The minimum absolute atomic E-state index is 0.367. The van der Waals surface area contributed by atoms with Gasteiger partial charge >= 0.3 is 0 Å². The summed E-state index contributed by atoms with van der Waals surface area (Å²) in [6.45, 7) is 7.66. The highest BCUT2D eigenvalue weighted by Gasteiger charge is 2.10. The summed E-state index contributed by atoms with van der Waals surface area (Å²) >= 11 is 0. The molecule has 0 bridgehead atoms. The standard InChI is InChI=1S/C17H20O2/c1-10-5-7-14(12(3)16(10)18)9-15-8-6-11(2)17(19)13(15)4/h5-8,18-19H,9H2,1-4H3. The number of hydrogen-bond donors (Lipinski definition) is 2. The number of aromatic hydroxyl groups is 2. The van der Waals surface area contributed by atoms with Crippen LogP contribution in [0.2, 0.25) is 0 Å². The predicted molar refractivity (Wildman–Crippen MR) is 78.0 cm³/mol. The maximum Gasteiger partial charge on any atom is 0.121 e. The molecule has 0 fully saturated rings. The summed E-state index contributed by atoms with van der Waals surface area (Å²) in [4.78, 5) is 0. The van der Waals surface area contributed by atoms with Gasteiger partial charge in [0.25, 0.3) is 0 Å². The Kier molecular flexibility index (Phi) is 3.52. The first kappa shape index (κ1) is 13.5. The van der Waals surface area contributed by atoms with Gasteiger partial charge in [0, 0.05) is 0 Å². The van der Waals surface area contributed by atoms with Gasteiger partial charge in [0.15, 0.2) is 0 Å². The Morgan fingerprint density at radius 2 is 1.05 bits per heavy atom. The monoisotopic (exact) mass is 256 g/mol. The highest BCUT2D eigenvalue weighted by atomic mass is 16.3. The van der Waals surface area contributed by atoms with E-state index in [4.69, 9.17) is 0 Å². The average molecular weight is 256 g/mol. The molecule has 2 heteroatoms. The van der Waals surface area contributed by atoms with Crippen molar-refractivity contribution in [1.29, 1.82) is 0 Å². The van der Waals surface area contributed by atoms with Crippen LogP contribution in [0.5, 0.6) is 11.5 Å². The van der Waals surface area contributed by atoms with Crippen molar-refractivity contribution in [3.8, 4) is 11.5 Å². The smallest absolute Gasteiger partial charge is 0.121 e. The lowest BCUT2D eigenvalue weighted by Gasteiger charge is -2.13. The van der Waals surface area contributed by atoms with Crippen LogP contribution in [0.15, 0.2) is 24.3 Å². The van der Waals surface area contributed by atoms with Crippen molar-refractivity contribution in [3.05, 3.63) is 57.6 Å². The van der Waals surface area contributed by atoms with Crippen LogP contribution in [-0.2, 0) is 6.42 Å². The van der Waals surface area contributed by atoms with E-state index in [0.717, 1.165) is 39.8 Å². The van der Waals surface area contributed by atoms with Gasteiger partial charge in [0.05, 0.1) is 0 Å². The molecular weight excluding hydrogens is 236 g/mol. The van der Waals surface area contributed by atoms with E-state index in [9.17, 15) is 10.2 Å². The van der Waals surface area contributed by atoms with Gasteiger partial charge in [-0.1, -0.05) is 24.3 Å². The van der Waals surface area contributed by atoms with Crippen LogP contribution in [0.3, 0.4) is 0 Å². The summed E-state index contributed by atoms with van der Waals surface area (Å²) in [7, 11) is 0. The first-order chi connectivity index (χ1) is 8.91. The number of benzene rings is 2. The van der Waals surface area contributed by atoms with E-state index >= 15 is 0 Å². The third-order valence-electron chi connectivity index (χ3n) is 3.87. The third kappa shape index (κ3) is 2.43. The van der Waals surface area contributed by atoms with E-state index in [1.807, 2.05) is 52.0 Å². The molecule has 0 saturated heterocycles. The van der Waals surface area contributed by atoms with Crippen molar-refractivity contribution in [2.24, 2.45) is 0 Å². The Morgan fingerprint density at radius 1 is 0.684 bits per heavy atom. The summed E-state index contributed by atoms with van der Waals surface area (Å²) in [6.07, 6.45) is 0.722. The molecule has 0 amide bonds. The fourth-order valence-electron chi connectivity index (χ4n) is 2.34. The highest BCUT2D eigenvalue weighted by Crippen LogP contribution is 2.30. The lowest BCUT2D eigenvalue weighted by atomic mass is 9.94. The zero-order chi connectivity index (χ0) is 14.2. The maximum absolute atomic E-state index is 9.98. The van der Waals surface area contributed by atoms with Gasteiger partial charge in [-0.25, -0.2) is 0 Å². The first-order valence-electron chi connectivity index (χ1n) is 6.48. The van der Waals surface area contributed by atoms with E-state index < -0.39 is 0 Å². The second-order valence-electron chi connectivity index (χ2n) is 5.21. The molecule has 2 aromatic rings. The fourth-order valence-corrected chi connectivity index (χ4v) is 2.34. The molecule has 2 aromatic carbocycles. The minimum Gasteiger partial charge on any atom is -0.507 e. The quantitative estimate of drug-likeness (QED) is 0.855. The number of aryl methyl sites for hydroxylation is 2. The predicted octanol–water partition coefficient (Wildman–Crippen LogP) is 3.92. The Bertz CT molecular complexity index is 572. The van der Waals surface area contributed by atoms with Gasteiger partial charge in [-0.15, -0.1) is 0 Å². The summed E-state index contributed by atoms with van der Waals surface area (Å²) < 4.78 is 0. The Morgan fingerprint density at radius 3 is 1.42 bits per heavy atom. The van der Waals surface area contributed by atoms with E-state index in [1.165, 1.54) is 0 Å². The van der Waals surface area contributed by atoms with E-state index in [1.54, 1.807) is 0 Å². The summed E-state index contributed by atoms with van der Waals surface area (Å²) in [5.41, 5.74) is 5.80. The summed E-state index contributed by atoms with van der Waals surface area (Å²) in [6, 6.07) is 7.95. The molecule has 19 heavy (non-hydrogen) atoms. The van der Waals surface area contributed by atoms with Crippen LogP contribution in [0.4, 0.5) is 0 Å². The SMILES string of the molecule is Cc1ccc(Cc2ccc(C)c(O)c2C)c(C)c1O. The molecule has 2 N–H and O–H groups in total. The molecule has 0 atom stereocenters. The van der Waals surface area contributed by atoms with Crippen molar-refractivity contribution in [1.82, 2.24) is 0 Å². The van der Waals surface area contributed by atoms with Gasteiger partial charge in [-0.3, -0.25) is 0 Å². The van der Waals surface area contributed by atoms with Crippen molar-refractivity contribution < 1.29 is 10.2 Å². The second-order valence-corrected chi connectivity index (χ2v) is 5.21. The number of hydrogen-bond acceptors (Lipinski definition) is 2. The molecule has 0 radical (unpaired) electrons. The summed E-state index contributed by atoms with van der Waals surface area (Å²) in [5, 5.41) is 20.0. The van der Waals surface area contributed by atoms with Crippen LogP contribution in [0, 0.1) is 27.7 Å². The zero-order valence-electron chi connectivity index (χ0n) is 11.9. The second kappa shape index (κ2) is 4.96. The Hall–Kier alpha value is -1.96. The average Bonchev–Trinajstić information content (AvgIpc) is 2.39. The zero-order valence-corrected chi connectivity index (χ0v) is 11.9. The number of phenolic OH excluding ortho intramolecular Hbond substituents is 2. The number of rotatable bonds is 2. The minimum atomic E-state index is 0.367. The van der Waals surface area contributed by atoms with Gasteiger partial charge in [0.1, 0.15) is 11.5 Å². The molecule has 2 rings (SSSR count). The van der Waals surface area contributed by atoms with Crippen LogP contribution >= 0.6 is 0 Å². The molecule has 0 heterocycles. The molecule has 100 valence electrons. The molecule has 0 aliphatic rings. The molecule has 0 spiro atoms. The maximum atomic E-state index is 9.98. The van der Waals surface area contributed by atoms with Crippen molar-refractivity contribution in [2.75, 3.05) is 0 Å². The third-order valence-corrected chi connectivity index (χ3v) is 3.87. The molecular formula is C17H20O2. The van der Waals surface area contributed by atoms with Crippen molar-refractivity contribution >= 4 is 0 Å². The highest BCUT2D eigenvalue weighted by molar-refractivity contribution is 5.49. The molecule has 2 nitrogen and oxygen atoms in total. The lowest BCUT2D eigenvalue weighted by molar-refractivity contribution is 0.465. The first-order valence-corrected chi connectivity index (χ1v) is 6.48. The topological polar surface area (TPSA) is 40.5 Å². The molecule has 0 aliphatic carbocycles. The molecule has 0 aromatic heterocycles. The molecule has 0 saturated carbocycles. The van der Waals surface area contributed by atoms with Crippen LogP contribution in [0.1, 0.15) is 33.4 Å². The summed E-state index contributed by atoms with van der Waals surface area (Å²) in [5.74, 6) is 0.734. The molecule has 0 unspecified atom stereocenters. The Balaban J connectivity index is 2.43. The fraction of sp³-hybridized carbons (Fsp3) is 0.294. The van der Waals surface area contributed by atoms with Crippen LogP contribution < -0.4 is 0 Å². The van der Waals surface area contributed by atoms with Gasteiger partial charge in [-0.2, -0.15) is 0 Å². The van der Waals surface area contributed by atoms with Gasteiger partial charge in [-0.05, 0) is 67.5 Å². The van der Waals surface area contributed by atoms with E-state index in [2.05, 4.69) is 0 Å². The van der Waals surface area contributed by atoms with Gasteiger partial charge in [0.2, 0.25) is 0 Å². The van der Waals surface area contributed by atoms with Crippen molar-refractivity contribution in [2.45, 2.75) is 34.1 Å². The molecule has 0 aliphatic heterocycles.